The van der Waals surface area contributed by atoms with Gasteiger partial charge in [0.1, 0.15) is 5.75 Å². The summed E-state index contributed by atoms with van der Waals surface area (Å²) >= 11 is 0. The number of benzene rings is 1. The van der Waals surface area contributed by atoms with Gasteiger partial charge in [0.25, 0.3) is 0 Å². The molecule has 0 bridgehead atoms. The first-order chi connectivity index (χ1) is 9.60. The van der Waals surface area contributed by atoms with Crippen molar-refractivity contribution in [1.82, 2.24) is 15.1 Å². The molecule has 0 saturated carbocycles. The van der Waals surface area contributed by atoms with Crippen molar-refractivity contribution in [2.24, 2.45) is 7.05 Å². The highest BCUT2D eigenvalue weighted by Crippen LogP contribution is 2.26. The standard InChI is InChI=1S/C16H23N3O/c1-12-5-6-16(15(9-12)13(2)17-3)20-8-7-14-10-18-19(4)11-14/h5-6,9-11,13,17H,7-8H2,1-4H3. The summed E-state index contributed by atoms with van der Waals surface area (Å²) in [6.45, 7) is 4.91. The normalized spacial score (nSPS) is 12.4. The minimum Gasteiger partial charge on any atom is -0.493 e. The Hall–Kier alpha value is -1.81. The molecule has 0 aliphatic heterocycles. The van der Waals surface area contributed by atoms with Gasteiger partial charge in [-0.2, -0.15) is 5.10 Å². The van der Waals surface area contributed by atoms with Crippen molar-refractivity contribution >= 4 is 0 Å². The van der Waals surface area contributed by atoms with E-state index in [9.17, 15) is 0 Å². The molecule has 1 aromatic carbocycles. The van der Waals surface area contributed by atoms with E-state index in [0.717, 1.165) is 12.2 Å². The van der Waals surface area contributed by atoms with E-state index in [0.29, 0.717) is 6.61 Å². The van der Waals surface area contributed by atoms with Crippen molar-refractivity contribution in [3.05, 3.63) is 47.3 Å². The average Bonchev–Trinajstić information content (AvgIpc) is 2.85. The Morgan fingerprint density at radius 3 is 2.85 bits per heavy atom. The number of nitrogens with one attached hydrogen (secondary N) is 1. The van der Waals surface area contributed by atoms with E-state index in [2.05, 4.69) is 42.5 Å². The van der Waals surface area contributed by atoms with Gasteiger partial charge in [-0.25, -0.2) is 0 Å². The molecule has 0 aliphatic rings. The molecule has 4 nitrogen and oxygen atoms in total. The summed E-state index contributed by atoms with van der Waals surface area (Å²) < 4.78 is 7.77. The van der Waals surface area contributed by atoms with Crippen LogP contribution in [0.4, 0.5) is 0 Å². The summed E-state index contributed by atoms with van der Waals surface area (Å²) in [7, 11) is 3.89. The molecule has 4 heteroatoms. The van der Waals surface area contributed by atoms with Crippen LogP contribution < -0.4 is 10.1 Å². The van der Waals surface area contributed by atoms with Crippen molar-refractivity contribution in [3.8, 4) is 5.75 Å². The van der Waals surface area contributed by atoms with Gasteiger partial charge in [-0.15, -0.1) is 0 Å². The Balaban J connectivity index is 2.01. The van der Waals surface area contributed by atoms with Crippen LogP contribution in [0.3, 0.4) is 0 Å². The topological polar surface area (TPSA) is 39.1 Å². The van der Waals surface area contributed by atoms with Crippen molar-refractivity contribution in [1.29, 1.82) is 0 Å². The summed E-state index contributed by atoms with van der Waals surface area (Å²) in [5, 5.41) is 7.43. The molecule has 0 aliphatic carbocycles. The summed E-state index contributed by atoms with van der Waals surface area (Å²) in [5.41, 5.74) is 3.66. The highest BCUT2D eigenvalue weighted by Gasteiger charge is 2.10. The minimum absolute atomic E-state index is 0.281. The van der Waals surface area contributed by atoms with Gasteiger partial charge < -0.3 is 10.1 Å². The monoisotopic (exact) mass is 273 g/mol. The van der Waals surface area contributed by atoms with Crippen molar-refractivity contribution in [2.45, 2.75) is 26.3 Å². The molecular formula is C16H23N3O. The fourth-order valence-electron chi connectivity index (χ4n) is 2.17. The van der Waals surface area contributed by atoms with Crippen molar-refractivity contribution < 1.29 is 4.74 Å². The molecular weight excluding hydrogens is 250 g/mol. The first-order valence-electron chi connectivity index (χ1n) is 6.98. The summed E-state index contributed by atoms with van der Waals surface area (Å²) in [4.78, 5) is 0. The number of aromatic nitrogens is 2. The van der Waals surface area contributed by atoms with Crippen LogP contribution in [-0.2, 0) is 13.5 Å². The SMILES string of the molecule is CNC(C)c1cc(C)ccc1OCCc1cnn(C)c1. The van der Waals surface area contributed by atoms with Crippen molar-refractivity contribution in [3.63, 3.8) is 0 Å². The number of hydrogen-bond donors (Lipinski definition) is 1. The van der Waals surface area contributed by atoms with E-state index in [4.69, 9.17) is 4.74 Å². The van der Waals surface area contributed by atoms with E-state index in [1.807, 2.05) is 31.2 Å². The van der Waals surface area contributed by atoms with E-state index < -0.39 is 0 Å². The fourth-order valence-corrected chi connectivity index (χ4v) is 2.17. The Morgan fingerprint density at radius 2 is 2.20 bits per heavy atom. The minimum atomic E-state index is 0.281. The number of hydrogen-bond acceptors (Lipinski definition) is 3. The number of rotatable bonds is 6. The van der Waals surface area contributed by atoms with Gasteiger partial charge >= 0.3 is 0 Å². The molecule has 0 radical (unpaired) electrons. The first kappa shape index (κ1) is 14.6. The van der Waals surface area contributed by atoms with Gasteiger partial charge in [-0.1, -0.05) is 17.7 Å². The average molecular weight is 273 g/mol. The Bertz CT molecular complexity index is 563. The second-order valence-electron chi connectivity index (χ2n) is 5.17. The van der Waals surface area contributed by atoms with Gasteiger partial charge in [0.2, 0.25) is 0 Å². The molecule has 1 unspecified atom stereocenters. The second kappa shape index (κ2) is 6.57. The van der Waals surface area contributed by atoms with Gasteiger partial charge in [0.15, 0.2) is 0 Å². The maximum absolute atomic E-state index is 5.95. The highest BCUT2D eigenvalue weighted by molar-refractivity contribution is 5.39. The van der Waals surface area contributed by atoms with Crippen LogP contribution in [0.15, 0.2) is 30.6 Å². The maximum atomic E-state index is 5.95. The fraction of sp³-hybridized carbons (Fsp3) is 0.438. The molecule has 2 aromatic rings. The van der Waals surface area contributed by atoms with Gasteiger partial charge in [0.05, 0.1) is 12.8 Å². The Morgan fingerprint density at radius 1 is 1.40 bits per heavy atom. The van der Waals surface area contributed by atoms with Gasteiger partial charge in [0, 0.05) is 31.3 Å². The van der Waals surface area contributed by atoms with Crippen LogP contribution in [0.1, 0.15) is 29.7 Å². The molecule has 2 rings (SSSR count). The van der Waals surface area contributed by atoms with E-state index >= 15 is 0 Å². The molecule has 0 saturated heterocycles. The quantitative estimate of drug-likeness (QED) is 0.879. The van der Waals surface area contributed by atoms with Crippen LogP contribution in [-0.4, -0.2) is 23.4 Å². The first-order valence-corrected chi connectivity index (χ1v) is 6.98. The lowest BCUT2D eigenvalue weighted by atomic mass is 10.0. The number of aryl methyl sites for hydroxylation is 2. The molecule has 1 aromatic heterocycles. The lowest BCUT2D eigenvalue weighted by molar-refractivity contribution is 0.315. The number of ether oxygens (including phenoxy) is 1. The second-order valence-corrected chi connectivity index (χ2v) is 5.17. The lowest BCUT2D eigenvalue weighted by Crippen LogP contribution is -2.14. The van der Waals surface area contributed by atoms with Gasteiger partial charge in [-0.3, -0.25) is 4.68 Å². The summed E-state index contributed by atoms with van der Waals surface area (Å²) in [5.74, 6) is 0.960. The molecule has 1 atom stereocenters. The molecule has 0 spiro atoms. The molecule has 0 amide bonds. The summed E-state index contributed by atoms with van der Waals surface area (Å²) in [6, 6.07) is 6.61. The predicted molar refractivity (Wildman–Crippen MR) is 81.1 cm³/mol. The molecule has 108 valence electrons. The third-order valence-corrected chi connectivity index (χ3v) is 3.47. The smallest absolute Gasteiger partial charge is 0.124 e. The predicted octanol–water partition coefficient (Wildman–Crippen LogP) is 2.63. The van der Waals surface area contributed by atoms with Crippen molar-refractivity contribution in [2.75, 3.05) is 13.7 Å². The maximum Gasteiger partial charge on any atom is 0.124 e. The van der Waals surface area contributed by atoms with Crippen LogP contribution in [0.25, 0.3) is 0 Å². The van der Waals surface area contributed by atoms with Gasteiger partial charge in [-0.05, 0) is 32.5 Å². The highest BCUT2D eigenvalue weighted by atomic mass is 16.5. The Labute approximate surface area is 120 Å². The van der Waals surface area contributed by atoms with Crippen LogP contribution >= 0.6 is 0 Å². The third-order valence-electron chi connectivity index (χ3n) is 3.47. The van der Waals surface area contributed by atoms with E-state index in [-0.39, 0.29) is 6.04 Å². The van der Waals surface area contributed by atoms with E-state index in [1.54, 1.807) is 0 Å². The molecule has 1 N–H and O–H groups in total. The third kappa shape index (κ3) is 3.61. The number of nitrogens with zero attached hydrogens (tertiary/aromatic N) is 2. The largest absolute Gasteiger partial charge is 0.493 e. The van der Waals surface area contributed by atoms with Crippen LogP contribution in [0.5, 0.6) is 5.75 Å². The zero-order chi connectivity index (χ0) is 14.5. The van der Waals surface area contributed by atoms with E-state index in [1.165, 1.54) is 16.7 Å². The summed E-state index contributed by atoms with van der Waals surface area (Å²) in [6.07, 6.45) is 4.78. The lowest BCUT2D eigenvalue weighted by Gasteiger charge is -2.17. The van der Waals surface area contributed by atoms with Crippen LogP contribution in [0, 0.1) is 6.92 Å². The molecule has 1 heterocycles. The van der Waals surface area contributed by atoms with Crippen LogP contribution in [0.2, 0.25) is 0 Å². The molecule has 0 fully saturated rings. The molecule has 20 heavy (non-hydrogen) atoms. The Kier molecular flexibility index (Phi) is 4.79. The zero-order valence-corrected chi connectivity index (χ0v) is 12.7. The zero-order valence-electron chi connectivity index (χ0n) is 12.7.